The number of likely N-dealkylation sites (tertiary alicyclic amines) is 1. The summed E-state index contributed by atoms with van der Waals surface area (Å²) < 4.78 is 51.0. The summed E-state index contributed by atoms with van der Waals surface area (Å²) in [4.78, 5) is 13.2. The normalized spacial score (nSPS) is 16.4. The molecule has 19 heavy (non-hydrogen) atoms. The number of hydrogen-bond donors (Lipinski definition) is 1. The van der Waals surface area contributed by atoms with Gasteiger partial charge in [0.25, 0.3) is 5.91 Å². The number of rotatable bonds is 2. The van der Waals surface area contributed by atoms with Crippen LogP contribution in [0.4, 0.5) is 17.6 Å². The van der Waals surface area contributed by atoms with Crippen LogP contribution in [0, 0.1) is 11.7 Å². The molecule has 1 heterocycles. The van der Waals surface area contributed by atoms with E-state index in [-0.39, 0.29) is 5.92 Å². The molecule has 1 amide bonds. The third kappa shape index (κ3) is 2.70. The van der Waals surface area contributed by atoms with E-state index in [0.29, 0.717) is 37.8 Å². The molecule has 0 aliphatic carbocycles. The van der Waals surface area contributed by atoms with Crippen molar-refractivity contribution in [2.75, 3.05) is 19.6 Å². The Labute approximate surface area is 107 Å². The number of carbonyl (C=O) groups excluding carboxylic acids is 1. The summed E-state index contributed by atoms with van der Waals surface area (Å²) in [5.41, 5.74) is 3.80. The summed E-state index contributed by atoms with van der Waals surface area (Å²) in [6.07, 6.45) is -4.60. The summed E-state index contributed by atoms with van der Waals surface area (Å²) in [6.45, 7) is 1.10. The van der Waals surface area contributed by atoms with Gasteiger partial charge in [-0.15, -0.1) is 0 Å². The van der Waals surface area contributed by atoms with Gasteiger partial charge in [0.15, 0.2) is 0 Å². The van der Waals surface area contributed by atoms with Crippen molar-refractivity contribution >= 4 is 5.91 Å². The number of hydrogen-bond acceptors (Lipinski definition) is 2. The van der Waals surface area contributed by atoms with Crippen molar-refractivity contribution in [3.05, 3.63) is 35.1 Å². The Kier molecular flexibility index (Phi) is 3.49. The average molecular weight is 276 g/mol. The van der Waals surface area contributed by atoms with Crippen LogP contribution < -0.4 is 5.73 Å². The minimum absolute atomic E-state index is 0.137. The predicted molar refractivity (Wildman–Crippen MR) is 59.8 cm³/mol. The first-order valence-corrected chi connectivity index (χ1v) is 5.69. The van der Waals surface area contributed by atoms with Crippen LogP contribution in [0.5, 0.6) is 0 Å². The molecule has 2 N–H and O–H groups in total. The molecular formula is C12H12F4N2O. The predicted octanol–water partition coefficient (Wildman–Crippen LogP) is 1.88. The van der Waals surface area contributed by atoms with Gasteiger partial charge in [-0.3, -0.25) is 4.79 Å². The molecule has 1 aliphatic heterocycles. The largest absolute Gasteiger partial charge is 0.416 e. The van der Waals surface area contributed by atoms with Crippen LogP contribution in [0.3, 0.4) is 0 Å². The van der Waals surface area contributed by atoms with E-state index in [2.05, 4.69) is 0 Å². The minimum Gasteiger partial charge on any atom is -0.338 e. The summed E-state index contributed by atoms with van der Waals surface area (Å²) >= 11 is 0. The zero-order valence-electron chi connectivity index (χ0n) is 9.88. The van der Waals surface area contributed by atoms with Gasteiger partial charge in [-0.1, -0.05) is 0 Å². The number of nitrogens with zero attached hydrogens (tertiary/aromatic N) is 1. The van der Waals surface area contributed by atoms with Crippen LogP contribution in [0.2, 0.25) is 0 Å². The van der Waals surface area contributed by atoms with Crippen LogP contribution >= 0.6 is 0 Å². The van der Waals surface area contributed by atoms with E-state index in [4.69, 9.17) is 5.73 Å². The Hall–Kier alpha value is -1.63. The van der Waals surface area contributed by atoms with Crippen molar-refractivity contribution in [1.82, 2.24) is 4.90 Å². The summed E-state index contributed by atoms with van der Waals surface area (Å²) in [5, 5.41) is 0. The second-order valence-corrected chi connectivity index (χ2v) is 4.50. The van der Waals surface area contributed by atoms with Gasteiger partial charge in [-0.05, 0) is 24.7 Å². The van der Waals surface area contributed by atoms with Crippen molar-refractivity contribution in [2.45, 2.75) is 6.18 Å². The molecule has 1 fully saturated rings. The second-order valence-electron chi connectivity index (χ2n) is 4.50. The van der Waals surface area contributed by atoms with Crippen LogP contribution in [0.25, 0.3) is 0 Å². The molecule has 3 nitrogen and oxygen atoms in total. The first kappa shape index (κ1) is 13.8. The zero-order valence-corrected chi connectivity index (χ0v) is 9.88. The second kappa shape index (κ2) is 4.80. The Morgan fingerprint density at radius 2 is 2.00 bits per heavy atom. The third-order valence-corrected chi connectivity index (χ3v) is 3.10. The van der Waals surface area contributed by atoms with Crippen molar-refractivity contribution in [3.8, 4) is 0 Å². The van der Waals surface area contributed by atoms with Gasteiger partial charge in [0, 0.05) is 19.0 Å². The maximum absolute atomic E-state index is 13.5. The molecule has 0 bridgehead atoms. The van der Waals surface area contributed by atoms with Gasteiger partial charge < -0.3 is 10.6 Å². The summed E-state index contributed by atoms with van der Waals surface area (Å²) in [5.74, 6) is -1.54. The summed E-state index contributed by atoms with van der Waals surface area (Å²) in [7, 11) is 0. The van der Waals surface area contributed by atoms with E-state index in [9.17, 15) is 22.4 Å². The lowest BCUT2D eigenvalue weighted by Crippen LogP contribution is -2.52. The third-order valence-electron chi connectivity index (χ3n) is 3.10. The molecule has 0 radical (unpaired) electrons. The van der Waals surface area contributed by atoms with E-state index in [1.54, 1.807) is 0 Å². The topological polar surface area (TPSA) is 46.3 Å². The van der Waals surface area contributed by atoms with E-state index in [0.717, 1.165) is 0 Å². The molecule has 0 atom stereocenters. The molecule has 2 rings (SSSR count). The van der Waals surface area contributed by atoms with Gasteiger partial charge in [-0.25, -0.2) is 4.39 Å². The molecule has 1 aliphatic rings. The Balaban J connectivity index is 2.22. The standard InChI is InChI=1S/C12H12F4N2O/c13-10-2-1-8(12(14,15)16)3-9(10)11(19)18-5-7(4-17)6-18/h1-3,7H,4-6,17H2. The highest BCUT2D eigenvalue weighted by Gasteiger charge is 2.35. The molecule has 1 aromatic rings. The molecule has 0 saturated carbocycles. The molecule has 0 aromatic heterocycles. The molecule has 104 valence electrons. The first-order chi connectivity index (χ1) is 8.82. The highest BCUT2D eigenvalue weighted by molar-refractivity contribution is 5.95. The van der Waals surface area contributed by atoms with Gasteiger partial charge in [-0.2, -0.15) is 13.2 Å². The van der Waals surface area contributed by atoms with Crippen LogP contribution in [-0.2, 0) is 6.18 Å². The zero-order chi connectivity index (χ0) is 14.2. The average Bonchev–Trinajstić information content (AvgIpc) is 2.26. The quantitative estimate of drug-likeness (QED) is 0.838. The SMILES string of the molecule is NCC1CN(C(=O)c2cc(C(F)(F)F)ccc2F)C1. The van der Waals surface area contributed by atoms with Gasteiger partial charge in [0.1, 0.15) is 5.82 Å². The van der Waals surface area contributed by atoms with Crippen molar-refractivity contribution in [1.29, 1.82) is 0 Å². The Bertz CT molecular complexity index is 495. The van der Waals surface area contributed by atoms with Gasteiger partial charge in [0.2, 0.25) is 0 Å². The lowest BCUT2D eigenvalue weighted by molar-refractivity contribution is -0.137. The fourth-order valence-electron chi connectivity index (χ4n) is 1.92. The molecule has 1 aromatic carbocycles. The number of amides is 1. The van der Waals surface area contributed by atoms with Crippen LogP contribution in [0.1, 0.15) is 15.9 Å². The number of alkyl halides is 3. The van der Waals surface area contributed by atoms with Gasteiger partial charge >= 0.3 is 6.18 Å². The minimum atomic E-state index is -4.60. The van der Waals surface area contributed by atoms with E-state index in [1.807, 2.05) is 0 Å². The fourth-order valence-corrected chi connectivity index (χ4v) is 1.92. The van der Waals surface area contributed by atoms with Crippen molar-refractivity contribution in [2.24, 2.45) is 11.7 Å². The van der Waals surface area contributed by atoms with Crippen molar-refractivity contribution < 1.29 is 22.4 Å². The molecular weight excluding hydrogens is 264 g/mol. The number of nitrogens with two attached hydrogens (primary N) is 1. The van der Waals surface area contributed by atoms with Crippen LogP contribution in [-0.4, -0.2) is 30.4 Å². The highest BCUT2D eigenvalue weighted by atomic mass is 19.4. The molecule has 0 spiro atoms. The Morgan fingerprint density at radius 3 is 2.53 bits per heavy atom. The van der Waals surface area contributed by atoms with Crippen molar-refractivity contribution in [3.63, 3.8) is 0 Å². The maximum Gasteiger partial charge on any atom is 0.416 e. The number of benzene rings is 1. The lowest BCUT2D eigenvalue weighted by atomic mass is 9.98. The maximum atomic E-state index is 13.5. The molecule has 1 saturated heterocycles. The monoisotopic (exact) mass is 276 g/mol. The fraction of sp³-hybridized carbons (Fsp3) is 0.417. The molecule has 0 unspecified atom stereocenters. The summed E-state index contributed by atoms with van der Waals surface area (Å²) in [6, 6.07) is 1.83. The lowest BCUT2D eigenvalue weighted by Gasteiger charge is -2.38. The smallest absolute Gasteiger partial charge is 0.338 e. The van der Waals surface area contributed by atoms with E-state index >= 15 is 0 Å². The van der Waals surface area contributed by atoms with E-state index in [1.165, 1.54) is 4.90 Å². The number of carbonyl (C=O) groups is 1. The Morgan fingerprint density at radius 1 is 1.37 bits per heavy atom. The van der Waals surface area contributed by atoms with Crippen LogP contribution in [0.15, 0.2) is 18.2 Å². The molecule has 7 heteroatoms. The highest BCUT2D eigenvalue weighted by Crippen LogP contribution is 2.31. The van der Waals surface area contributed by atoms with E-state index < -0.39 is 29.0 Å². The van der Waals surface area contributed by atoms with Gasteiger partial charge in [0.05, 0.1) is 11.1 Å². The number of halogens is 4. The first-order valence-electron chi connectivity index (χ1n) is 5.69.